The quantitative estimate of drug-likeness (QED) is 0.522. The molecule has 2 aromatic rings. The van der Waals surface area contributed by atoms with Crippen molar-refractivity contribution < 1.29 is 22.9 Å². The number of non-ortho nitro benzene ring substituents is 1. The minimum atomic E-state index is -3.77. The smallest absolute Gasteiger partial charge is 0.269 e. The van der Waals surface area contributed by atoms with Crippen LogP contribution in [0.2, 0.25) is 0 Å². The molecule has 0 saturated carbocycles. The van der Waals surface area contributed by atoms with E-state index in [0.29, 0.717) is 12.2 Å². The molecule has 154 valence electrons. The standard InChI is InChI=1S/C19H21N3O6S/c1-28-14-15-2-4-16(5-3-15)19(23)20-10-12-21(13-11-20)29(26,27)18-8-6-17(7-9-18)22(24)25/h2-9H,10-14H2,1H3. The van der Waals surface area contributed by atoms with E-state index >= 15 is 0 Å². The second-order valence-corrected chi connectivity index (χ2v) is 8.52. The normalized spacial score (nSPS) is 15.3. The van der Waals surface area contributed by atoms with Gasteiger partial charge >= 0.3 is 0 Å². The second kappa shape index (κ2) is 8.68. The Morgan fingerprint density at radius 1 is 1.03 bits per heavy atom. The topological polar surface area (TPSA) is 110 Å². The zero-order valence-corrected chi connectivity index (χ0v) is 16.7. The zero-order valence-electron chi connectivity index (χ0n) is 15.9. The van der Waals surface area contributed by atoms with Crippen LogP contribution in [-0.2, 0) is 21.4 Å². The van der Waals surface area contributed by atoms with Crippen LogP contribution in [0.1, 0.15) is 15.9 Å². The molecule has 0 N–H and O–H groups in total. The SMILES string of the molecule is COCc1ccc(C(=O)N2CCN(S(=O)(=O)c3ccc([N+](=O)[O-])cc3)CC2)cc1. The second-order valence-electron chi connectivity index (χ2n) is 6.58. The fourth-order valence-electron chi connectivity index (χ4n) is 3.11. The van der Waals surface area contributed by atoms with E-state index in [1.807, 2.05) is 12.1 Å². The highest BCUT2D eigenvalue weighted by Gasteiger charge is 2.30. The Hall–Kier alpha value is -2.82. The number of methoxy groups -OCH3 is 1. The van der Waals surface area contributed by atoms with E-state index in [-0.39, 0.29) is 42.7 Å². The van der Waals surface area contributed by atoms with Gasteiger partial charge in [0.1, 0.15) is 0 Å². The number of nitro groups is 1. The molecule has 1 aliphatic rings. The molecule has 1 heterocycles. The van der Waals surface area contributed by atoms with Crippen molar-refractivity contribution in [3.05, 3.63) is 69.8 Å². The van der Waals surface area contributed by atoms with Crippen LogP contribution in [0.25, 0.3) is 0 Å². The summed E-state index contributed by atoms with van der Waals surface area (Å²) in [4.78, 5) is 24.4. The molecule has 29 heavy (non-hydrogen) atoms. The number of nitrogens with zero attached hydrogens (tertiary/aromatic N) is 3. The van der Waals surface area contributed by atoms with Gasteiger partial charge in [-0.15, -0.1) is 0 Å². The maximum atomic E-state index is 12.8. The molecule has 0 radical (unpaired) electrons. The van der Waals surface area contributed by atoms with Gasteiger partial charge in [-0.3, -0.25) is 14.9 Å². The van der Waals surface area contributed by atoms with E-state index in [4.69, 9.17) is 4.74 Å². The van der Waals surface area contributed by atoms with Gasteiger partial charge in [-0.1, -0.05) is 12.1 Å². The summed E-state index contributed by atoms with van der Waals surface area (Å²) in [7, 11) is -2.17. The highest BCUT2D eigenvalue weighted by atomic mass is 32.2. The fourth-order valence-corrected chi connectivity index (χ4v) is 4.54. The minimum Gasteiger partial charge on any atom is -0.380 e. The molecule has 0 aliphatic carbocycles. The first-order valence-corrected chi connectivity index (χ1v) is 10.4. The van der Waals surface area contributed by atoms with Crippen LogP contribution >= 0.6 is 0 Å². The van der Waals surface area contributed by atoms with Crippen LogP contribution < -0.4 is 0 Å². The lowest BCUT2D eigenvalue weighted by Crippen LogP contribution is -2.50. The van der Waals surface area contributed by atoms with Crippen molar-refractivity contribution >= 4 is 21.6 Å². The molecule has 3 rings (SSSR count). The van der Waals surface area contributed by atoms with Crippen molar-refractivity contribution in [3.8, 4) is 0 Å². The van der Waals surface area contributed by atoms with Gasteiger partial charge in [0.2, 0.25) is 10.0 Å². The molecule has 9 nitrogen and oxygen atoms in total. The summed E-state index contributed by atoms with van der Waals surface area (Å²) < 4.78 is 31.9. The van der Waals surface area contributed by atoms with Gasteiger partial charge < -0.3 is 9.64 Å². The third-order valence-corrected chi connectivity index (χ3v) is 6.64. The Labute approximate surface area is 168 Å². The summed E-state index contributed by atoms with van der Waals surface area (Å²) in [5.74, 6) is -0.152. The number of hydrogen-bond donors (Lipinski definition) is 0. The molecular formula is C19H21N3O6S. The minimum absolute atomic E-state index is 0.00314. The largest absolute Gasteiger partial charge is 0.380 e. The van der Waals surface area contributed by atoms with Crippen molar-refractivity contribution in [2.24, 2.45) is 0 Å². The summed E-state index contributed by atoms with van der Waals surface area (Å²) in [5.41, 5.74) is 1.33. The molecular weight excluding hydrogens is 398 g/mol. The number of sulfonamides is 1. The van der Waals surface area contributed by atoms with Crippen molar-refractivity contribution in [1.29, 1.82) is 0 Å². The van der Waals surface area contributed by atoms with E-state index < -0.39 is 14.9 Å². The van der Waals surface area contributed by atoms with Gasteiger partial charge in [-0.2, -0.15) is 4.31 Å². The van der Waals surface area contributed by atoms with Crippen molar-refractivity contribution in [2.75, 3.05) is 33.3 Å². The molecule has 1 fully saturated rings. The van der Waals surface area contributed by atoms with E-state index in [2.05, 4.69) is 0 Å². The van der Waals surface area contributed by atoms with Gasteiger partial charge in [0.25, 0.3) is 11.6 Å². The average molecular weight is 419 g/mol. The summed E-state index contributed by atoms with van der Waals surface area (Å²) >= 11 is 0. The highest BCUT2D eigenvalue weighted by Crippen LogP contribution is 2.21. The van der Waals surface area contributed by atoms with Crippen molar-refractivity contribution in [2.45, 2.75) is 11.5 Å². The van der Waals surface area contributed by atoms with Crippen LogP contribution in [-0.4, -0.2) is 61.7 Å². The van der Waals surface area contributed by atoms with E-state index in [1.54, 1.807) is 24.1 Å². The molecule has 1 amide bonds. The Balaban J connectivity index is 1.64. The average Bonchev–Trinajstić information content (AvgIpc) is 2.74. The molecule has 0 atom stereocenters. The maximum Gasteiger partial charge on any atom is 0.269 e. The number of nitro benzene ring substituents is 1. The predicted octanol–water partition coefficient (Wildman–Crippen LogP) is 1.89. The van der Waals surface area contributed by atoms with E-state index in [1.165, 1.54) is 28.6 Å². The maximum absolute atomic E-state index is 12.8. The molecule has 1 aliphatic heterocycles. The fraction of sp³-hybridized carbons (Fsp3) is 0.316. The Morgan fingerprint density at radius 3 is 2.14 bits per heavy atom. The number of ether oxygens (including phenoxy) is 1. The lowest BCUT2D eigenvalue weighted by Gasteiger charge is -2.34. The lowest BCUT2D eigenvalue weighted by atomic mass is 10.1. The number of carbonyl (C=O) groups excluding carboxylic acids is 1. The highest BCUT2D eigenvalue weighted by molar-refractivity contribution is 7.89. The zero-order chi connectivity index (χ0) is 21.0. The molecule has 0 bridgehead atoms. The number of benzene rings is 2. The van der Waals surface area contributed by atoms with Crippen molar-refractivity contribution in [1.82, 2.24) is 9.21 Å². The Bertz CT molecular complexity index is 982. The number of hydrogen-bond acceptors (Lipinski definition) is 6. The first-order valence-electron chi connectivity index (χ1n) is 8.94. The Kier molecular flexibility index (Phi) is 6.26. The molecule has 1 saturated heterocycles. The third kappa shape index (κ3) is 4.61. The van der Waals surface area contributed by atoms with Gasteiger partial charge in [-0.25, -0.2) is 8.42 Å². The number of carbonyl (C=O) groups is 1. The van der Waals surface area contributed by atoms with Gasteiger partial charge in [0, 0.05) is 51.0 Å². The number of amides is 1. The third-order valence-electron chi connectivity index (χ3n) is 4.72. The summed E-state index contributed by atoms with van der Waals surface area (Å²) in [6.07, 6.45) is 0. The molecule has 2 aromatic carbocycles. The lowest BCUT2D eigenvalue weighted by molar-refractivity contribution is -0.384. The van der Waals surface area contributed by atoms with Crippen LogP contribution in [0.4, 0.5) is 5.69 Å². The predicted molar refractivity (Wildman–Crippen MR) is 105 cm³/mol. The number of piperazine rings is 1. The van der Waals surface area contributed by atoms with E-state index in [0.717, 1.165) is 5.56 Å². The summed E-state index contributed by atoms with van der Waals surface area (Å²) in [5, 5.41) is 10.7. The Morgan fingerprint density at radius 2 is 1.62 bits per heavy atom. The molecule has 0 spiro atoms. The van der Waals surface area contributed by atoms with Crippen LogP contribution in [0.15, 0.2) is 53.4 Å². The summed E-state index contributed by atoms with van der Waals surface area (Å²) in [6, 6.07) is 11.9. The van der Waals surface area contributed by atoms with Crippen LogP contribution in [0.3, 0.4) is 0 Å². The molecule has 10 heteroatoms. The first-order chi connectivity index (χ1) is 13.8. The van der Waals surface area contributed by atoms with Gasteiger partial charge in [0.05, 0.1) is 16.4 Å². The monoisotopic (exact) mass is 419 g/mol. The molecule has 0 aromatic heterocycles. The summed E-state index contributed by atoms with van der Waals surface area (Å²) in [6.45, 7) is 1.32. The van der Waals surface area contributed by atoms with Gasteiger partial charge in [0.15, 0.2) is 0 Å². The van der Waals surface area contributed by atoms with E-state index in [9.17, 15) is 23.3 Å². The van der Waals surface area contributed by atoms with Crippen LogP contribution in [0.5, 0.6) is 0 Å². The number of rotatable bonds is 6. The van der Waals surface area contributed by atoms with Crippen molar-refractivity contribution in [3.63, 3.8) is 0 Å². The first kappa shape index (κ1) is 20.9. The van der Waals surface area contributed by atoms with Gasteiger partial charge in [-0.05, 0) is 29.8 Å². The van der Waals surface area contributed by atoms with Crippen LogP contribution in [0, 0.1) is 10.1 Å². The molecule has 0 unspecified atom stereocenters.